The van der Waals surface area contributed by atoms with E-state index in [9.17, 15) is 0 Å². The molecule has 0 bridgehead atoms. The fraction of sp³-hybridized carbons (Fsp3) is 0.182. The van der Waals surface area contributed by atoms with Gasteiger partial charge < -0.3 is 10.2 Å². The van der Waals surface area contributed by atoms with Crippen molar-refractivity contribution in [1.29, 1.82) is 0 Å². The maximum absolute atomic E-state index is 4.58. The summed E-state index contributed by atoms with van der Waals surface area (Å²) in [5, 5.41) is 7.45. The van der Waals surface area contributed by atoms with Crippen molar-refractivity contribution < 1.29 is 0 Å². The minimum atomic E-state index is 0.407. The third kappa shape index (κ3) is 5.38. The predicted octanol–water partition coefficient (Wildman–Crippen LogP) is 4.33. The van der Waals surface area contributed by atoms with Crippen LogP contribution in [-0.4, -0.2) is 34.3 Å². The molecule has 4 rings (SSSR count). The van der Waals surface area contributed by atoms with E-state index in [0.29, 0.717) is 17.8 Å². The van der Waals surface area contributed by atoms with Crippen molar-refractivity contribution in [2.24, 2.45) is 5.10 Å². The second-order valence-corrected chi connectivity index (χ2v) is 6.63. The Hall–Kier alpha value is -3.74. The van der Waals surface area contributed by atoms with E-state index < -0.39 is 0 Å². The van der Waals surface area contributed by atoms with Crippen molar-refractivity contribution in [3.05, 3.63) is 72.3 Å². The van der Waals surface area contributed by atoms with E-state index in [-0.39, 0.29) is 0 Å². The van der Waals surface area contributed by atoms with Crippen molar-refractivity contribution in [3.8, 4) is 0 Å². The summed E-state index contributed by atoms with van der Waals surface area (Å²) in [6.45, 7) is 1.91. The molecule has 7 nitrogen and oxygen atoms in total. The van der Waals surface area contributed by atoms with Gasteiger partial charge in [0.1, 0.15) is 0 Å². The summed E-state index contributed by atoms with van der Waals surface area (Å²) in [4.78, 5) is 15.7. The van der Waals surface area contributed by atoms with Crippen molar-refractivity contribution in [1.82, 2.24) is 15.0 Å². The Kier molecular flexibility index (Phi) is 6.07. The minimum absolute atomic E-state index is 0.407. The van der Waals surface area contributed by atoms with Crippen LogP contribution in [0.5, 0.6) is 0 Å². The first-order valence-corrected chi connectivity index (χ1v) is 9.71. The molecule has 29 heavy (non-hydrogen) atoms. The number of hydrogen-bond donors (Lipinski definition) is 2. The molecule has 1 aliphatic rings. The zero-order valence-corrected chi connectivity index (χ0v) is 16.1. The molecule has 0 radical (unpaired) electrons. The van der Waals surface area contributed by atoms with Gasteiger partial charge in [0, 0.05) is 25.0 Å². The van der Waals surface area contributed by atoms with Crippen LogP contribution in [0.2, 0.25) is 0 Å². The quantitative estimate of drug-likeness (QED) is 0.466. The number of rotatable bonds is 7. The Morgan fingerprint density at radius 3 is 2.28 bits per heavy atom. The molecule has 1 aromatic heterocycles. The lowest BCUT2D eigenvalue weighted by Crippen LogP contribution is -2.21. The average molecular weight is 385 g/mol. The highest BCUT2D eigenvalue weighted by molar-refractivity contribution is 5.78. The molecule has 3 aromatic rings. The van der Waals surface area contributed by atoms with Gasteiger partial charge in [0.25, 0.3) is 0 Å². The van der Waals surface area contributed by atoms with Crippen LogP contribution >= 0.6 is 0 Å². The monoisotopic (exact) mass is 385 g/mol. The predicted molar refractivity (Wildman–Crippen MR) is 119 cm³/mol. The summed E-state index contributed by atoms with van der Waals surface area (Å²) in [5.41, 5.74) is 4.95. The van der Waals surface area contributed by atoms with E-state index in [1.165, 1.54) is 0 Å². The first-order chi connectivity index (χ1) is 14.4. The fourth-order valence-electron chi connectivity index (χ4n) is 3.04. The number of allylic oxidation sites excluding steroid dienone is 1. The zero-order chi connectivity index (χ0) is 19.7. The van der Waals surface area contributed by atoms with Crippen LogP contribution in [0, 0.1) is 0 Å². The number of aromatic nitrogens is 3. The van der Waals surface area contributed by atoms with E-state index >= 15 is 0 Å². The van der Waals surface area contributed by atoms with Crippen LogP contribution < -0.4 is 15.6 Å². The van der Waals surface area contributed by atoms with Crippen LogP contribution in [-0.2, 0) is 0 Å². The summed E-state index contributed by atoms with van der Waals surface area (Å²) < 4.78 is 0. The maximum Gasteiger partial charge on any atom is 0.250 e. The Balaban J connectivity index is 1.48. The molecule has 2 heterocycles. The largest absolute Gasteiger partial charge is 0.341 e. The van der Waals surface area contributed by atoms with Crippen molar-refractivity contribution in [2.45, 2.75) is 12.8 Å². The highest BCUT2D eigenvalue weighted by Crippen LogP contribution is 2.20. The SMILES string of the molecule is C(=C\c1ccccc1)/C=N/Nc1nc(Nc2ccccc2)nc(N2CCCC2)n1. The number of hydrazone groups is 1. The standard InChI is InChI=1S/C22H23N7/c1-3-10-18(11-4-1)12-9-15-23-28-21-25-20(24-19-13-5-2-6-14-19)26-22(27-21)29-16-7-8-17-29/h1-6,9-15H,7-8,16-17H2,(H2,24,25,26,27,28)/b12-9+,23-15+. The number of anilines is 4. The lowest BCUT2D eigenvalue weighted by molar-refractivity contribution is 0.883. The third-order valence-electron chi connectivity index (χ3n) is 4.46. The first-order valence-electron chi connectivity index (χ1n) is 9.71. The van der Waals surface area contributed by atoms with Crippen LogP contribution in [0.3, 0.4) is 0 Å². The van der Waals surface area contributed by atoms with Crippen LogP contribution in [0.4, 0.5) is 23.5 Å². The van der Waals surface area contributed by atoms with Gasteiger partial charge in [-0.25, -0.2) is 5.43 Å². The summed E-state index contributed by atoms with van der Waals surface area (Å²) >= 11 is 0. The Labute approximate surface area is 170 Å². The van der Waals surface area contributed by atoms with Gasteiger partial charge in [-0.2, -0.15) is 20.1 Å². The van der Waals surface area contributed by atoms with E-state index in [2.05, 4.69) is 35.7 Å². The molecule has 0 saturated carbocycles. The summed E-state index contributed by atoms with van der Waals surface area (Å²) in [6.07, 6.45) is 7.83. The molecule has 1 fully saturated rings. The molecule has 0 spiro atoms. The van der Waals surface area contributed by atoms with Gasteiger partial charge >= 0.3 is 0 Å². The van der Waals surface area contributed by atoms with Crippen LogP contribution in [0.15, 0.2) is 71.8 Å². The Morgan fingerprint density at radius 1 is 0.828 bits per heavy atom. The number of nitrogens with one attached hydrogen (secondary N) is 2. The van der Waals surface area contributed by atoms with Crippen molar-refractivity contribution in [3.63, 3.8) is 0 Å². The lowest BCUT2D eigenvalue weighted by Gasteiger charge is -2.16. The number of para-hydroxylation sites is 1. The average Bonchev–Trinajstić information content (AvgIpc) is 3.30. The Morgan fingerprint density at radius 2 is 1.52 bits per heavy atom. The molecule has 1 aliphatic heterocycles. The van der Waals surface area contributed by atoms with Crippen LogP contribution in [0.25, 0.3) is 6.08 Å². The van der Waals surface area contributed by atoms with E-state index in [4.69, 9.17) is 0 Å². The molecular formula is C22H23N7. The molecule has 0 aliphatic carbocycles. The number of hydrogen-bond acceptors (Lipinski definition) is 7. The smallest absolute Gasteiger partial charge is 0.250 e. The second kappa shape index (κ2) is 9.45. The van der Waals surface area contributed by atoms with Crippen molar-refractivity contribution >= 4 is 35.8 Å². The normalized spacial score (nSPS) is 14.0. The maximum atomic E-state index is 4.58. The molecule has 146 valence electrons. The summed E-state index contributed by atoms with van der Waals surface area (Å²) in [7, 11) is 0. The Bertz CT molecular complexity index is 965. The molecule has 0 atom stereocenters. The summed E-state index contributed by atoms with van der Waals surface area (Å²) in [5.74, 6) is 1.56. The number of benzene rings is 2. The van der Waals surface area contributed by atoms with Gasteiger partial charge in [-0.1, -0.05) is 54.6 Å². The first kappa shape index (κ1) is 18.6. The lowest BCUT2D eigenvalue weighted by atomic mass is 10.2. The van der Waals surface area contributed by atoms with Gasteiger partial charge in [-0.05, 0) is 36.6 Å². The molecule has 0 amide bonds. The highest BCUT2D eigenvalue weighted by atomic mass is 15.4. The van der Waals surface area contributed by atoms with Gasteiger partial charge in [0.05, 0.1) is 0 Å². The van der Waals surface area contributed by atoms with Gasteiger partial charge in [0.2, 0.25) is 17.8 Å². The van der Waals surface area contributed by atoms with Gasteiger partial charge in [-0.15, -0.1) is 0 Å². The fourth-order valence-corrected chi connectivity index (χ4v) is 3.04. The van der Waals surface area contributed by atoms with E-state index in [1.54, 1.807) is 6.21 Å². The van der Waals surface area contributed by atoms with Gasteiger partial charge in [-0.3, -0.25) is 0 Å². The third-order valence-corrected chi connectivity index (χ3v) is 4.46. The molecule has 1 saturated heterocycles. The van der Waals surface area contributed by atoms with Gasteiger partial charge in [0.15, 0.2) is 0 Å². The topological polar surface area (TPSA) is 78.3 Å². The van der Waals surface area contributed by atoms with E-state index in [1.807, 2.05) is 72.8 Å². The zero-order valence-electron chi connectivity index (χ0n) is 16.1. The second-order valence-electron chi connectivity index (χ2n) is 6.63. The molecular weight excluding hydrogens is 362 g/mol. The summed E-state index contributed by atoms with van der Waals surface area (Å²) in [6, 6.07) is 19.9. The van der Waals surface area contributed by atoms with Crippen molar-refractivity contribution in [2.75, 3.05) is 28.7 Å². The molecule has 2 N–H and O–H groups in total. The molecule has 0 unspecified atom stereocenters. The van der Waals surface area contributed by atoms with E-state index in [0.717, 1.165) is 37.2 Å². The molecule has 7 heteroatoms. The highest BCUT2D eigenvalue weighted by Gasteiger charge is 2.17. The molecule has 2 aromatic carbocycles. The number of nitrogens with zero attached hydrogens (tertiary/aromatic N) is 5. The van der Waals surface area contributed by atoms with Crippen LogP contribution in [0.1, 0.15) is 18.4 Å². The minimum Gasteiger partial charge on any atom is -0.341 e.